The fourth-order valence-corrected chi connectivity index (χ4v) is 2.33. The number of carbonyl (C=O) groups excluding carboxylic acids is 1. The summed E-state index contributed by atoms with van der Waals surface area (Å²) in [6.07, 6.45) is 6.18. The number of amidine groups is 1. The second-order valence-electron chi connectivity index (χ2n) is 6.31. The lowest BCUT2D eigenvalue weighted by Crippen LogP contribution is -2.39. The van der Waals surface area contributed by atoms with Gasteiger partial charge in [-0.25, -0.2) is 0 Å². The Bertz CT molecular complexity index is 321. The minimum Gasteiger partial charge on any atom is -0.384 e. The van der Waals surface area contributed by atoms with Crippen molar-refractivity contribution < 1.29 is 9.63 Å². The van der Waals surface area contributed by atoms with Crippen LogP contribution in [-0.4, -0.2) is 24.4 Å². The molecule has 1 rings (SSSR count). The van der Waals surface area contributed by atoms with Crippen molar-refractivity contribution in [2.75, 3.05) is 6.61 Å². The molecule has 0 aromatic rings. The van der Waals surface area contributed by atoms with E-state index in [1.54, 1.807) is 0 Å². The van der Waals surface area contributed by atoms with Crippen molar-refractivity contribution >= 4 is 11.7 Å². The summed E-state index contributed by atoms with van der Waals surface area (Å²) in [6.45, 7) is 6.48. The molecule has 0 bridgehead atoms. The molecule has 5 heteroatoms. The van der Waals surface area contributed by atoms with Gasteiger partial charge >= 0.3 is 0 Å². The average molecular weight is 283 g/mol. The third-order valence-electron chi connectivity index (χ3n) is 3.74. The van der Waals surface area contributed by atoms with Crippen LogP contribution in [0.3, 0.4) is 0 Å². The maximum atomic E-state index is 11.7. The summed E-state index contributed by atoms with van der Waals surface area (Å²) in [5.41, 5.74) is 5.70. The lowest BCUT2D eigenvalue weighted by molar-refractivity contribution is -0.126. The summed E-state index contributed by atoms with van der Waals surface area (Å²) in [4.78, 5) is 16.7. The van der Waals surface area contributed by atoms with Gasteiger partial charge in [-0.1, -0.05) is 25.9 Å². The van der Waals surface area contributed by atoms with Gasteiger partial charge in [0.15, 0.2) is 6.61 Å². The van der Waals surface area contributed by atoms with Crippen LogP contribution in [0.1, 0.15) is 59.3 Å². The van der Waals surface area contributed by atoms with Crippen molar-refractivity contribution in [3.63, 3.8) is 0 Å². The molecule has 0 radical (unpaired) electrons. The number of nitrogens with two attached hydrogens (primary N) is 1. The number of hydrogen-bond acceptors (Lipinski definition) is 3. The molecule has 3 N–H and O–H groups in total. The second-order valence-corrected chi connectivity index (χ2v) is 6.31. The smallest absolute Gasteiger partial charge is 0.260 e. The van der Waals surface area contributed by atoms with Crippen LogP contribution >= 0.6 is 0 Å². The second kappa shape index (κ2) is 8.82. The summed E-state index contributed by atoms with van der Waals surface area (Å²) < 4.78 is 0. The zero-order chi connectivity index (χ0) is 15.0. The molecule has 0 saturated heterocycles. The quantitative estimate of drug-likeness (QED) is 0.428. The zero-order valence-electron chi connectivity index (χ0n) is 13.0. The van der Waals surface area contributed by atoms with E-state index in [9.17, 15) is 4.79 Å². The Morgan fingerprint density at radius 3 is 2.60 bits per heavy atom. The van der Waals surface area contributed by atoms with Gasteiger partial charge in [0.2, 0.25) is 0 Å². The van der Waals surface area contributed by atoms with Crippen LogP contribution in [0.25, 0.3) is 0 Å². The molecule has 1 aliphatic rings. The Labute approximate surface area is 122 Å². The molecule has 0 spiro atoms. The molecule has 1 saturated carbocycles. The molecule has 1 fully saturated rings. The minimum absolute atomic E-state index is 0.0472. The first-order chi connectivity index (χ1) is 9.47. The molecule has 0 heterocycles. The lowest BCUT2D eigenvalue weighted by Gasteiger charge is -2.26. The first-order valence-corrected chi connectivity index (χ1v) is 7.71. The first kappa shape index (κ1) is 16.8. The Kier molecular flexibility index (Phi) is 7.41. The number of nitrogens with one attached hydrogen (secondary N) is 1. The van der Waals surface area contributed by atoms with E-state index in [2.05, 4.69) is 31.2 Å². The molecule has 0 aliphatic heterocycles. The van der Waals surface area contributed by atoms with Crippen molar-refractivity contribution in [1.29, 1.82) is 0 Å². The molecule has 0 aromatic carbocycles. The van der Waals surface area contributed by atoms with Crippen LogP contribution in [0, 0.1) is 11.8 Å². The standard InChI is InChI=1S/C15H29N3O2/c1-11(2)4-9-14(16)18-20-10-15(19)17-13-7-5-12(3)6-8-13/h11-13H,4-10H2,1-3H3,(H2,16,18)(H,17,19). The van der Waals surface area contributed by atoms with Crippen LogP contribution in [0.2, 0.25) is 0 Å². The highest BCUT2D eigenvalue weighted by molar-refractivity contribution is 5.80. The summed E-state index contributed by atoms with van der Waals surface area (Å²) in [6, 6.07) is 0.296. The molecule has 1 aliphatic carbocycles. The predicted molar refractivity (Wildman–Crippen MR) is 81.2 cm³/mol. The third-order valence-corrected chi connectivity index (χ3v) is 3.74. The van der Waals surface area contributed by atoms with Crippen LogP contribution in [0.4, 0.5) is 0 Å². The van der Waals surface area contributed by atoms with Gasteiger partial charge < -0.3 is 15.9 Å². The van der Waals surface area contributed by atoms with Crippen molar-refractivity contribution in [2.24, 2.45) is 22.7 Å². The number of oxime groups is 1. The maximum absolute atomic E-state index is 11.7. The number of carbonyl (C=O) groups is 1. The predicted octanol–water partition coefficient (Wildman–Crippen LogP) is 2.41. The normalized spacial score (nSPS) is 23.7. The molecule has 0 atom stereocenters. The van der Waals surface area contributed by atoms with E-state index in [0.29, 0.717) is 24.2 Å². The van der Waals surface area contributed by atoms with Crippen molar-refractivity contribution in [3.8, 4) is 0 Å². The van der Waals surface area contributed by atoms with Gasteiger partial charge in [0.1, 0.15) is 5.84 Å². The van der Waals surface area contributed by atoms with E-state index in [0.717, 1.165) is 25.2 Å². The lowest BCUT2D eigenvalue weighted by atomic mass is 9.87. The maximum Gasteiger partial charge on any atom is 0.260 e. The Morgan fingerprint density at radius 2 is 2.00 bits per heavy atom. The SMILES string of the molecule is CC(C)CC/C(N)=N/OCC(=O)NC1CCC(C)CC1. The van der Waals surface area contributed by atoms with Gasteiger partial charge in [-0.3, -0.25) is 4.79 Å². The van der Waals surface area contributed by atoms with Gasteiger partial charge in [0.25, 0.3) is 5.91 Å². The number of amides is 1. The highest BCUT2D eigenvalue weighted by Gasteiger charge is 2.19. The molecular formula is C15H29N3O2. The topological polar surface area (TPSA) is 76.7 Å². The van der Waals surface area contributed by atoms with Gasteiger partial charge in [0, 0.05) is 12.5 Å². The largest absolute Gasteiger partial charge is 0.384 e. The van der Waals surface area contributed by atoms with Crippen LogP contribution in [-0.2, 0) is 9.63 Å². The number of rotatable bonds is 7. The summed E-state index contributed by atoms with van der Waals surface area (Å²) in [5.74, 6) is 1.72. The fraction of sp³-hybridized carbons (Fsp3) is 0.867. The number of nitrogens with zero attached hydrogens (tertiary/aromatic N) is 1. The molecule has 0 unspecified atom stereocenters. The molecule has 5 nitrogen and oxygen atoms in total. The van der Waals surface area contributed by atoms with Gasteiger partial charge in [-0.15, -0.1) is 0 Å². The molecule has 1 amide bonds. The average Bonchev–Trinajstić information content (AvgIpc) is 2.39. The van der Waals surface area contributed by atoms with E-state index in [1.807, 2.05) is 0 Å². The van der Waals surface area contributed by atoms with E-state index < -0.39 is 0 Å². The van der Waals surface area contributed by atoms with Crippen molar-refractivity contribution in [2.45, 2.75) is 65.3 Å². The summed E-state index contributed by atoms with van der Waals surface area (Å²) in [5, 5.41) is 6.76. The van der Waals surface area contributed by atoms with E-state index >= 15 is 0 Å². The third kappa shape index (κ3) is 7.36. The van der Waals surface area contributed by atoms with Gasteiger partial charge in [-0.05, 0) is 43.9 Å². The first-order valence-electron chi connectivity index (χ1n) is 7.71. The van der Waals surface area contributed by atoms with Crippen LogP contribution in [0.5, 0.6) is 0 Å². The van der Waals surface area contributed by atoms with E-state index in [1.165, 1.54) is 12.8 Å². The fourth-order valence-electron chi connectivity index (χ4n) is 2.33. The molecule has 0 aromatic heterocycles. The van der Waals surface area contributed by atoms with E-state index in [4.69, 9.17) is 10.6 Å². The summed E-state index contributed by atoms with van der Waals surface area (Å²) >= 11 is 0. The van der Waals surface area contributed by atoms with E-state index in [-0.39, 0.29) is 12.5 Å². The molecular weight excluding hydrogens is 254 g/mol. The Hall–Kier alpha value is -1.26. The highest BCUT2D eigenvalue weighted by Crippen LogP contribution is 2.23. The Morgan fingerprint density at radius 1 is 1.35 bits per heavy atom. The number of hydrogen-bond donors (Lipinski definition) is 2. The molecule has 20 heavy (non-hydrogen) atoms. The zero-order valence-corrected chi connectivity index (χ0v) is 13.0. The summed E-state index contributed by atoms with van der Waals surface area (Å²) in [7, 11) is 0. The van der Waals surface area contributed by atoms with Crippen molar-refractivity contribution in [3.05, 3.63) is 0 Å². The van der Waals surface area contributed by atoms with Crippen LogP contribution < -0.4 is 11.1 Å². The monoisotopic (exact) mass is 283 g/mol. The highest BCUT2D eigenvalue weighted by atomic mass is 16.6. The van der Waals surface area contributed by atoms with Gasteiger partial charge in [-0.2, -0.15) is 0 Å². The van der Waals surface area contributed by atoms with Crippen molar-refractivity contribution in [1.82, 2.24) is 5.32 Å². The van der Waals surface area contributed by atoms with Gasteiger partial charge in [0.05, 0.1) is 0 Å². The molecule has 116 valence electrons. The Balaban J connectivity index is 2.15. The minimum atomic E-state index is -0.107. The van der Waals surface area contributed by atoms with Crippen LogP contribution in [0.15, 0.2) is 5.16 Å².